The lowest BCUT2D eigenvalue weighted by atomic mass is 9.81. The van der Waals surface area contributed by atoms with Crippen LogP contribution in [0.3, 0.4) is 0 Å². The molecular formula is C17H25N3. The van der Waals surface area contributed by atoms with Gasteiger partial charge in [-0.15, -0.1) is 0 Å². The van der Waals surface area contributed by atoms with Crippen molar-refractivity contribution in [2.24, 2.45) is 11.8 Å². The molecule has 0 aliphatic heterocycles. The Hall–Kier alpha value is -1.56. The van der Waals surface area contributed by atoms with Crippen LogP contribution in [-0.4, -0.2) is 11.5 Å². The molecule has 1 aromatic heterocycles. The van der Waals surface area contributed by atoms with Crippen LogP contribution in [0.25, 0.3) is 0 Å². The van der Waals surface area contributed by atoms with Crippen LogP contribution in [0.15, 0.2) is 6.07 Å². The van der Waals surface area contributed by atoms with Crippen LogP contribution in [0.2, 0.25) is 0 Å². The number of nitriles is 1. The SMILES string of the molecule is Cc1cc(C)c(C#N)c(NCCC2CCC(C)CC2)n1. The molecule has 1 heterocycles. The first kappa shape index (κ1) is 14.8. The molecule has 1 fully saturated rings. The first-order valence-corrected chi connectivity index (χ1v) is 7.72. The van der Waals surface area contributed by atoms with Crippen molar-refractivity contribution in [1.29, 1.82) is 5.26 Å². The average molecular weight is 271 g/mol. The summed E-state index contributed by atoms with van der Waals surface area (Å²) in [5.74, 6) is 2.51. The highest BCUT2D eigenvalue weighted by molar-refractivity contribution is 5.56. The fourth-order valence-corrected chi connectivity index (χ4v) is 3.12. The van der Waals surface area contributed by atoms with E-state index in [1.807, 2.05) is 19.9 Å². The van der Waals surface area contributed by atoms with Crippen molar-refractivity contribution in [2.75, 3.05) is 11.9 Å². The Morgan fingerprint density at radius 1 is 1.30 bits per heavy atom. The Kier molecular flexibility index (Phi) is 5.00. The van der Waals surface area contributed by atoms with Gasteiger partial charge >= 0.3 is 0 Å². The van der Waals surface area contributed by atoms with Crippen molar-refractivity contribution in [3.05, 3.63) is 22.9 Å². The van der Waals surface area contributed by atoms with Gasteiger partial charge in [0.15, 0.2) is 0 Å². The van der Waals surface area contributed by atoms with Gasteiger partial charge in [-0.2, -0.15) is 5.26 Å². The Morgan fingerprint density at radius 3 is 2.65 bits per heavy atom. The first-order chi connectivity index (χ1) is 9.60. The lowest BCUT2D eigenvalue weighted by Gasteiger charge is -2.26. The number of nitrogens with zero attached hydrogens (tertiary/aromatic N) is 2. The maximum atomic E-state index is 9.24. The maximum absolute atomic E-state index is 9.24. The minimum absolute atomic E-state index is 0.688. The second kappa shape index (κ2) is 6.74. The molecule has 0 saturated heterocycles. The Morgan fingerprint density at radius 2 is 2.00 bits per heavy atom. The molecule has 0 bridgehead atoms. The summed E-state index contributed by atoms with van der Waals surface area (Å²) in [6.07, 6.45) is 6.64. The van der Waals surface area contributed by atoms with Gasteiger partial charge < -0.3 is 5.32 Å². The quantitative estimate of drug-likeness (QED) is 0.893. The van der Waals surface area contributed by atoms with Gasteiger partial charge in [-0.1, -0.05) is 32.6 Å². The molecule has 0 radical (unpaired) electrons. The highest BCUT2D eigenvalue weighted by Crippen LogP contribution is 2.30. The van der Waals surface area contributed by atoms with Crippen molar-refractivity contribution in [3.8, 4) is 6.07 Å². The summed E-state index contributed by atoms with van der Waals surface area (Å²) in [7, 11) is 0. The number of anilines is 1. The van der Waals surface area contributed by atoms with Crippen LogP contribution < -0.4 is 5.32 Å². The minimum atomic E-state index is 0.688. The van der Waals surface area contributed by atoms with Crippen molar-refractivity contribution in [2.45, 2.75) is 52.9 Å². The van der Waals surface area contributed by atoms with E-state index in [0.29, 0.717) is 5.56 Å². The summed E-state index contributed by atoms with van der Waals surface area (Å²) in [6.45, 7) is 7.22. The monoisotopic (exact) mass is 271 g/mol. The van der Waals surface area contributed by atoms with Crippen LogP contribution >= 0.6 is 0 Å². The number of hydrogen-bond donors (Lipinski definition) is 1. The van der Waals surface area contributed by atoms with Gasteiger partial charge in [0.2, 0.25) is 0 Å². The summed E-state index contributed by atoms with van der Waals surface area (Å²) < 4.78 is 0. The van der Waals surface area contributed by atoms with Gasteiger partial charge in [-0.25, -0.2) is 4.98 Å². The van der Waals surface area contributed by atoms with Crippen LogP contribution in [0.1, 0.15) is 55.8 Å². The van der Waals surface area contributed by atoms with E-state index in [9.17, 15) is 5.26 Å². The van der Waals surface area contributed by atoms with E-state index in [-0.39, 0.29) is 0 Å². The molecular weight excluding hydrogens is 246 g/mol. The number of pyridine rings is 1. The molecule has 0 atom stereocenters. The predicted octanol–water partition coefficient (Wildman–Crippen LogP) is 4.20. The van der Waals surface area contributed by atoms with Crippen molar-refractivity contribution >= 4 is 5.82 Å². The van der Waals surface area contributed by atoms with Crippen LogP contribution in [0.4, 0.5) is 5.82 Å². The number of hydrogen-bond acceptors (Lipinski definition) is 3. The molecule has 0 amide bonds. The van der Waals surface area contributed by atoms with Gasteiger partial charge in [0.05, 0.1) is 5.56 Å². The average Bonchev–Trinajstić information content (AvgIpc) is 2.40. The molecule has 1 N–H and O–H groups in total. The summed E-state index contributed by atoms with van der Waals surface area (Å²) >= 11 is 0. The van der Waals surface area contributed by atoms with E-state index in [0.717, 1.165) is 35.5 Å². The van der Waals surface area contributed by atoms with E-state index in [4.69, 9.17) is 0 Å². The van der Waals surface area contributed by atoms with Crippen LogP contribution in [0, 0.1) is 37.0 Å². The Bertz CT molecular complexity index is 494. The predicted molar refractivity (Wildman–Crippen MR) is 82.7 cm³/mol. The topological polar surface area (TPSA) is 48.7 Å². The minimum Gasteiger partial charge on any atom is -0.369 e. The fourth-order valence-electron chi connectivity index (χ4n) is 3.12. The molecule has 0 aromatic carbocycles. The molecule has 108 valence electrons. The largest absolute Gasteiger partial charge is 0.369 e. The molecule has 3 heteroatoms. The molecule has 3 nitrogen and oxygen atoms in total. The maximum Gasteiger partial charge on any atom is 0.144 e. The van der Waals surface area contributed by atoms with Gasteiger partial charge in [-0.3, -0.25) is 0 Å². The van der Waals surface area contributed by atoms with Crippen LogP contribution in [0.5, 0.6) is 0 Å². The third-order valence-electron chi connectivity index (χ3n) is 4.44. The lowest BCUT2D eigenvalue weighted by Crippen LogP contribution is -2.16. The van der Waals surface area contributed by atoms with E-state index < -0.39 is 0 Å². The fraction of sp³-hybridized carbons (Fsp3) is 0.647. The van der Waals surface area contributed by atoms with E-state index in [2.05, 4.69) is 23.3 Å². The van der Waals surface area contributed by atoms with Crippen molar-refractivity contribution in [1.82, 2.24) is 4.98 Å². The zero-order valence-electron chi connectivity index (χ0n) is 12.9. The highest BCUT2D eigenvalue weighted by atomic mass is 15.0. The summed E-state index contributed by atoms with van der Waals surface area (Å²) in [4.78, 5) is 4.47. The second-order valence-corrected chi connectivity index (χ2v) is 6.26. The Labute approximate surface area is 122 Å². The number of aromatic nitrogens is 1. The summed E-state index contributed by atoms with van der Waals surface area (Å²) in [6, 6.07) is 4.22. The van der Waals surface area contributed by atoms with Gasteiger partial charge in [0, 0.05) is 12.2 Å². The number of rotatable bonds is 4. The van der Waals surface area contributed by atoms with Gasteiger partial charge in [-0.05, 0) is 43.7 Å². The van der Waals surface area contributed by atoms with E-state index in [1.165, 1.54) is 32.1 Å². The molecule has 0 unspecified atom stereocenters. The zero-order chi connectivity index (χ0) is 14.5. The van der Waals surface area contributed by atoms with E-state index >= 15 is 0 Å². The second-order valence-electron chi connectivity index (χ2n) is 6.26. The molecule has 20 heavy (non-hydrogen) atoms. The van der Waals surface area contributed by atoms with Gasteiger partial charge in [0.1, 0.15) is 11.9 Å². The Balaban J connectivity index is 1.90. The van der Waals surface area contributed by atoms with Gasteiger partial charge in [0.25, 0.3) is 0 Å². The molecule has 1 aliphatic rings. The van der Waals surface area contributed by atoms with E-state index in [1.54, 1.807) is 0 Å². The normalized spacial score (nSPS) is 22.3. The molecule has 2 rings (SSSR count). The molecule has 1 aromatic rings. The molecule has 1 aliphatic carbocycles. The van der Waals surface area contributed by atoms with Crippen LogP contribution in [-0.2, 0) is 0 Å². The lowest BCUT2D eigenvalue weighted by molar-refractivity contribution is 0.282. The van der Waals surface area contributed by atoms with Crippen molar-refractivity contribution in [3.63, 3.8) is 0 Å². The highest BCUT2D eigenvalue weighted by Gasteiger charge is 2.18. The molecule has 0 spiro atoms. The summed E-state index contributed by atoms with van der Waals surface area (Å²) in [5.41, 5.74) is 2.66. The third-order valence-corrected chi connectivity index (χ3v) is 4.44. The summed E-state index contributed by atoms with van der Waals surface area (Å²) in [5, 5.41) is 12.6. The third kappa shape index (κ3) is 3.72. The van der Waals surface area contributed by atoms with Crippen molar-refractivity contribution < 1.29 is 0 Å². The molecule has 1 saturated carbocycles. The first-order valence-electron chi connectivity index (χ1n) is 7.72. The number of nitrogens with one attached hydrogen (secondary N) is 1. The smallest absolute Gasteiger partial charge is 0.144 e. The number of aryl methyl sites for hydroxylation is 2. The standard InChI is InChI=1S/C17H25N3/c1-12-4-6-15(7-5-12)8-9-19-17-16(11-18)13(2)10-14(3)20-17/h10,12,15H,4-9H2,1-3H3,(H,19,20). The zero-order valence-corrected chi connectivity index (χ0v) is 12.9.